The van der Waals surface area contributed by atoms with E-state index in [2.05, 4.69) is 20.4 Å². The third-order valence-corrected chi connectivity index (χ3v) is 4.98. The lowest BCUT2D eigenvalue weighted by molar-refractivity contribution is 0.301. The van der Waals surface area contributed by atoms with Gasteiger partial charge in [0.1, 0.15) is 0 Å². The number of anilines is 1. The fraction of sp³-hybridized carbons (Fsp3) is 0.529. The van der Waals surface area contributed by atoms with Crippen LogP contribution in [0.3, 0.4) is 0 Å². The molecular weight excluding hydrogens is 309 g/mol. The molecule has 0 amide bonds. The van der Waals surface area contributed by atoms with Crippen LogP contribution in [0, 0.1) is 5.82 Å². The quantitative estimate of drug-likeness (QED) is 0.935. The van der Waals surface area contributed by atoms with Crippen molar-refractivity contribution in [3.63, 3.8) is 0 Å². The summed E-state index contributed by atoms with van der Waals surface area (Å²) >= 11 is 0. The maximum atomic E-state index is 12.8. The van der Waals surface area contributed by atoms with E-state index in [-0.39, 0.29) is 17.6 Å². The molecule has 1 fully saturated rings. The Kier molecular flexibility index (Phi) is 4.00. The van der Waals surface area contributed by atoms with E-state index in [9.17, 15) is 9.18 Å². The van der Waals surface area contributed by atoms with Crippen molar-refractivity contribution in [2.24, 2.45) is 0 Å². The highest BCUT2D eigenvalue weighted by Gasteiger charge is 2.25. The van der Waals surface area contributed by atoms with Crippen LogP contribution in [0.4, 0.5) is 10.3 Å². The predicted molar refractivity (Wildman–Crippen MR) is 87.4 cm³/mol. The Hall–Kier alpha value is -2.31. The number of halogens is 1. The number of fused-ring (bicyclic) bond motifs is 1. The lowest BCUT2D eigenvalue weighted by atomic mass is 9.91. The van der Waals surface area contributed by atoms with Gasteiger partial charge in [0.15, 0.2) is 5.82 Å². The third-order valence-electron chi connectivity index (χ3n) is 4.98. The SMILES string of the molecule is O=c1cc2c(nn1C1CCC(Nc3ncc(F)cn3)CC1)CCC2. The van der Waals surface area contributed by atoms with Crippen LogP contribution in [0.15, 0.2) is 23.3 Å². The highest BCUT2D eigenvalue weighted by Crippen LogP contribution is 2.29. The summed E-state index contributed by atoms with van der Waals surface area (Å²) < 4.78 is 14.5. The molecule has 6 nitrogen and oxygen atoms in total. The summed E-state index contributed by atoms with van der Waals surface area (Å²) in [5, 5.41) is 7.85. The lowest BCUT2D eigenvalue weighted by Gasteiger charge is -2.29. The Morgan fingerprint density at radius 2 is 1.88 bits per heavy atom. The maximum Gasteiger partial charge on any atom is 0.267 e. The van der Waals surface area contributed by atoms with Crippen molar-refractivity contribution < 1.29 is 4.39 Å². The van der Waals surface area contributed by atoms with Crippen LogP contribution in [0.5, 0.6) is 0 Å². The van der Waals surface area contributed by atoms with Crippen molar-refractivity contribution in [2.45, 2.75) is 57.0 Å². The minimum Gasteiger partial charge on any atom is -0.351 e. The molecule has 1 saturated carbocycles. The van der Waals surface area contributed by atoms with Crippen LogP contribution in [-0.2, 0) is 12.8 Å². The summed E-state index contributed by atoms with van der Waals surface area (Å²) in [6.07, 6.45) is 8.99. The summed E-state index contributed by atoms with van der Waals surface area (Å²) in [4.78, 5) is 20.2. The molecular formula is C17H20FN5O. The average molecular weight is 329 g/mol. The van der Waals surface area contributed by atoms with E-state index in [0.29, 0.717) is 5.95 Å². The molecule has 2 aromatic heterocycles. The third kappa shape index (κ3) is 3.02. The summed E-state index contributed by atoms with van der Waals surface area (Å²) in [5.41, 5.74) is 2.24. The molecule has 0 aliphatic heterocycles. The molecule has 2 heterocycles. The molecule has 0 aromatic carbocycles. The number of hydrogen-bond acceptors (Lipinski definition) is 5. The summed E-state index contributed by atoms with van der Waals surface area (Å²) in [5.74, 6) is 0.0130. The van der Waals surface area contributed by atoms with Gasteiger partial charge in [-0.3, -0.25) is 4.79 Å². The second-order valence-corrected chi connectivity index (χ2v) is 6.63. The van der Waals surface area contributed by atoms with E-state index < -0.39 is 5.82 Å². The first kappa shape index (κ1) is 15.2. The largest absolute Gasteiger partial charge is 0.351 e. The smallest absolute Gasteiger partial charge is 0.267 e. The first-order valence-corrected chi connectivity index (χ1v) is 8.55. The zero-order valence-corrected chi connectivity index (χ0v) is 13.4. The van der Waals surface area contributed by atoms with Gasteiger partial charge >= 0.3 is 0 Å². The van der Waals surface area contributed by atoms with Crippen LogP contribution < -0.4 is 10.9 Å². The van der Waals surface area contributed by atoms with Gasteiger partial charge in [-0.25, -0.2) is 19.0 Å². The van der Waals surface area contributed by atoms with Crippen LogP contribution in [0.2, 0.25) is 0 Å². The van der Waals surface area contributed by atoms with E-state index in [1.54, 1.807) is 10.7 Å². The second-order valence-electron chi connectivity index (χ2n) is 6.63. The highest BCUT2D eigenvalue weighted by atomic mass is 19.1. The van der Waals surface area contributed by atoms with Crippen molar-refractivity contribution in [1.29, 1.82) is 0 Å². The zero-order chi connectivity index (χ0) is 16.5. The average Bonchev–Trinajstić information content (AvgIpc) is 3.04. The molecule has 0 unspecified atom stereocenters. The minimum atomic E-state index is -0.439. The van der Waals surface area contributed by atoms with E-state index >= 15 is 0 Å². The molecule has 2 aliphatic rings. The first-order chi connectivity index (χ1) is 11.7. The van der Waals surface area contributed by atoms with Gasteiger partial charge in [0, 0.05) is 12.1 Å². The molecule has 0 spiro atoms. The Morgan fingerprint density at radius 1 is 1.12 bits per heavy atom. The van der Waals surface area contributed by atoms with Crippen LogP contribution in [0.25, 0.3) is 0 Å². The van der Waals surface area contributed by atoms with Crippen molar-refractivity contribution >= 4 is 5.95 Å². The van der Waals surface area contributed by atoms with Gasteiger partial charge in [0.2, 0.25) is 5.95 Å². The molecule has 126 valence electrons. The number of hydrogen-bond donors (Lipinski definition) is 1. The number of rotatable bonds is 3. The van der Waals surface area contributed by atoms with Gasteiger partial charge in [-0.05, 0) is 50.5 Å². The monoisotopic (exact) mass is 329 g/mol. The molecule has 2 aliphatic carbocycles. The standard InChI is InChI=1S/C17H20FN5O/c18-12-9-19-17(20-10-12)21-13-4-6-14(7-5-13)23-16(24)8-11-2-1-3-15(11)22-23/h8-10,13-14H,1-7H2,(H,19,20,21). The molecule has 0 saturated heterocycles. The number of nitrogens with zero attached hydrogens (tertiary/aromatic N) is 4. The van der Waals surface area contributed by atoms with E-state index in [1.807, 2.05) is 0 Å². The summed E-state index contributed by atoms with van der Waals surface area (Å²) in [7, 11) is 0. The molecule has 0 bridgehead atoms. The van der Waals surface area contributed by atoms with Crippen molar-refractivity contribution in [1.82, 2.24) is 19.7 Å². The van der Waals surface area contributed by atoms with Gasteiger partial charge in [-0.15, -0.1) is 0 Å². The minimum absolute atomic E-state index is 0.0222. The highest BCUT2D eigenvalue weighted by molar-refractivity contribution is 5.25. The van der Waals surface area contributed by atoms with Crippen LogP contribution >= 0.6 is 0 Å². The fourth-order valence-corrected chi connectivity index (χ4v) is 3.71. The number of nitrogens with one attached hydrogen (secondary N) is 1. The van der Waals surface area contributed by atoms with E-state index in [0.717, 1.165) is 68.6 Å². The second kappa shape index (κ2) is 6.30. The van der Waals surface area contributed by atoms with Gasteiger partial charge < -0.3 is 5.32 Å². The maximum absolute atomic E-state index is 12.8. The summed E-state index contributed by atoms with van der Waals surface area (Å²) in [6, 6.07) is 2.18. The topological polar surface area (TPSA) is 72.7 Å². The molecule has 0 atom stereocenters. The fourth-order valence-electron chi connectivity index (χ4n) is 3.71. The Labute approximate surface area is 139 Å². The van der Waals surface area contributed by atoms with E-state index in [1.165, 1.54) is 0 Å². The van der Waals surface area contributed by atoms with Crippen molar-refractivity contribution in [2.75, 3.05) is 5.32 Å². The molecule has 0 radical (unpaired) electrons. The number of aromatic nitrogens is 4. The van der Waals surface area contributed by atoms with Gasteiger partial charge in [0.25, 0.3) is 5.56 Å². The first-order valence-electron chi connectivity index (χ1n) is 8.55. The molecule has 24 heavy (non-hydrogen) atoms. The van der Waals surface area contributed by atoms with Crippen molar-refractivity contribution in [3.8, 4) is 0 Å². The molecule has 1 N–H and O–H groups in total. The van der Waals surface area contributed by atoms with E-state index in [4.69, 9.17) is 0 Å². The number of aryl methyl sites for hydroxylation is 2. The normalized spacial score (nSPS) is 23.0. The van der Waals surface area contributed by atoms with Gasteiger partial charge in [-0.2, -0.15) is 5.10 Å². The predicted octanol–water partition coefficient (Wildman–Crippen LogP) is 2.26. The van der Waals surface area contributed by atoms with Crippen molar-refractivity contribution in [3.05, 3.63) is 45.9 Å². The van der Waals surface area contributed by atoms with Crippen LogP contribution in [0.1, 0.15) is 49.4 Å². The Bertz CT molecular complexity index is 781. The summed E-state index contributed by atoms with van der Waals surface area (Å²) in [6.45, 7) is 0. The van der Waals surface area contributed by atoms with Crippen LogP contribution in [-0.4, -0.2) is 25.8 Å². The molecule has 2 aromatic rings. The Morgan fingerprint density at radius 3 is 2.62 bits per heavy atom. The molecule has 7 heteroatoms. The zero-order valence-electron chi connectivity index (χ0n) is 13.4. The molecule has 4 rings (SSSR count). The lowest BCUT2D eigenvalue weighted by Crippen LogP contribution is -2.34. The Balaban J connectivity index is 1.41. The van der Waals surface area contributed by atoms with Gasteiger partial charge in [0.05, 0.1) is 24.1 Å². The van der Waals surface area contributed by atoms with Gasteiger partial charge in [-0.1, -0.05) is 0 Å².